The van der Waals surface area contributed by atoms with Gasteiger partial charge in [-0.25, -0.2) is 4.98 Å². The van der Waals surface area contributed by atoms with E-state index in [2.05, 4.69) is 9.97 Å². The molecule has 1 atom stereocenters. The molecule has 2 aromatic heterocycles. The summed E-state index contributed by atoms with van der Waals surface area (Å²) in [6, 6.07) is 3.94. The number of hydrogen-bond acceptors (Lipinski definition) is 4. The number of rotatable bonds is 3. The average Bonchev–Trinajstić information content (AvgIpc) is 2.68. The van der Waals surface area contributed by atoms with Crippen molar-refractivity contribution in [2.24, 2.45) is 0 Å². The Labute approximate surface area is 92.5 Å². The second kappa shape index (κ2) is 4.51. The first-order chi connectivity index (χ1) is 7.25. The molecule has 2 rings (SSSR count). The number of aliphatic hydroxyl groups excluding tert-OH is 1. The van der Waals surface area contributed by atoms with Crippen LogP contribution in [-0.4, -0.2) is 15.1 Å². The minimum Gasteiger partial charge on any atom is -0.388 e. The Morgan fingerprint density at radius 2 is 2.33 bits per heavy atom. The van der Waals surface area contributed by atoms with E-state index in [4.69, 9.17) is 0 Å². The molecule has 0 aliphatic rings. The SMILES string of the molecule is CC(O)c1cnc(Cc2cccnc2)s1. The lowest BCUT2D eigenvalue weighted by Gasteiger charge is -1.97. The van der Waals surface area contributed by atoms with Gasteiger partial charge >= 0.3 is 0 Å². The third kappa shape index (κ3) is 2.61. The van der Waals surface area contributed by atoms with E-state index in [0.717, 1.165) is 21.9 Å². The molecular formula is C11H12N2OS. The van der Waals surface area contributed by atoms with Crippen molar-refractivity contribution in [2.75, 3.05) is 0 Å². The smallest absolute Gasteiger partial charge is 0.0973 e. The normalized spacial score (nSPS) is 12.7. The lowest BCUT2D eigenvalue weighted by atomic mass is 10.2. The number of pyridine rings is 1. The van der Waals surface area contributed by atoms with Crippen LogP contribution >= 0.6 is 11.3 Å². The Morgan fingerprint density at radius 3 is 2.93 bits per heavy atom. The van der Waals surface area contributed by atoms with Crippen molar-refractivity contribution in [3.63, 3.8) is 0 Å². The molecule has 0 aliphatic carbocycles. The summed E-state index contributed by atoms with van der Waals surface area (Å²) >= 11 is 1.55. The van der Waals surface area contributed by atoms with Crippen molar-refractivity contribution >= 4 is 11.3 Å². The topological polar surface area (TPSA) is 46.0 Å². The van der Waals surface area contributed by atoms with Crippen LogP contribution in [0.25, 0.3) is 0 Å². The molecule has 78 valence electrons. The molecule has 15 heavy (non-hydrogen) atoms. The Balaban J connectivity index is 2.12. The molecule has 0 radical (unpaired) electrons. The highest BCUT2D eigenvalue weighted by molar-refractivity contribution is 7.11. The Bertz CT molecular complexity index is 425. The highest BCUT2D eigenvalue weighted by Gasteiger charge is 2.06. The summed E-state index contributed by atoms with van der Waals surface area (Å²) < 4.78 is 0. The van der Waals surface area contributed by atoms with Gasteiger partial charge in [-0.1, -0.05) is 6.07 Å². The van der Waals surface area contributed by atoms with E-state index >= 15 is 0 Å². The van der Waals surface area contributed by atoms with Gasteiger partial charge in [0, 0.05) is 25.0 Å². The summed E-state index contributed by atoms with van der Waals surface area (Å²) in [5, 5.41) is 10.4. The van der Waals surface area contributed by atoms with Gasteiger partial charge in [0.05, 0.1) is 16.0 Å². The van der Waals surface area contributed by atoms with Gasteiger partial charge in [-0.2, -0.15) is 0 Å². The number of hydrogen-bond donors (Lipinski definition) is 1. The van der Waals surface area contributed by atoms with E-state index < -0.39 is 6.10 Å². The van der Waals surface area contributed by atoms with Crippen LogP contribution in [0.3, 0.4) is 0 Å². The van der Waals surface area contributed by atoms with Gasteiger partial charge < -0.3 is 5.11 Å². The largest absolute Gasteiger partial charge is 0.388 e. The highest BCUT2D eigenvalue weighted by Crippen LogP contribution is 2.21. The summed E-state index contributed by atoms with van der Waals surface area (Å²) in [6.07, 6.45) is 5.69. The van der Waals surface area contributed by atoms with Crippen LogP contribution in [0.2, 0.25) is 0 Å². The van der Waals surface area contributed by atoms with E-state index in [1.54, 1.807) is 30.7 Å². The van der Waals surface area contributed by atoms with Crippen molar-refractivity contribution < 1.29 is 5.11 Å². The van der Waals surface area contributed by atoms with Crippen molar-refractivity contribution in [2.45, 2.75) is 19.4 Å². The van der Waals surface area contributed by atoms with Gasteiger partial charge in [0.1, 0.15) is 0 Å². The fraction of sp³-hybridized carbons (Fsp3) is 0.273. The number of thiazole rings is 1. The van der Waals surface area contributed by atoms with Gasteiger partial charge in [0.25, 0.3) is 0 Å². The Hall–Kier alpha value is -1.26. The monoisotopic (exact) mass is 220 g/mol. The van der Waals surface area contributed by atoms with E-state index in [-0.39, 0.29) is 0 Å². The van der Waals surface area contributed by atoms with E-state index in [1.807, 2.05) is 18.3 Å². The molecule has 1 N–H and O–H groups in total. The van der Waals surface area contributed by atoms with E-state index in [9.17, 15) is 5.11 Å². The molecule has 0 fully saturated rings. The summed E-state index contributed by atoms with van der Waals surface area (Å²) in [4.78, 5) is 9.22. The maximum atomic E-state index is 9.36. The predicted octanol–water partition coefficient (Wildman–Crippen LogP) is 2.18. The number of aromatic nitrogens is 2. The predicted molar refractivity (Wildman–Crippen MR) is 59.8 cm³/mol. The lowest BCUT2D eigenvalue weighted by Crippen LogP contribution is -1.86. The molecule has 2 aromatic rings. The third-order valence-electron chi connectivity index (χ3n) is 2.06. The molecule has 0 bridgehead atoms. The first kappa shape index (κ1) is 10.3. The maximum absolute atomic E-state index is 9.36. The quantitative estimate of drug-likeness (QED) is 0.862. The maximum Gasteiger partial charge on any atom is 0.0973 e. The molecule has 0 amide bonds. The Kier molecular flexibility index (Phi) is 3.08. The van der Waals surface area contributed by atoms with Crippen molar-refractivity contribution in [3.8, 4) is 0 Å². The minimum atomic E-state index is -0.426. The van der Waals surface area contributed by atoms with Crippen LogP contribution in [0.15, 0.2) is 30.7 Å². The average molecular weight is 220 g/mol. The number of nitrogens with zero attached hydrogens (tertiary/aromatic N) is 2. The first-order valence-electron chi connectivity index (χ1n) is 4.77. The standard InChI is InChI=1S/C11H12N2OS/c1-8(14)10-7-13-11(15-10)5-9-3-2-4-12-6-9/h2-4,6-8,14H,5H2,1H3. The molecule has 1 unspecified atom stereocenters. The molecule has 2 heterocycles. The molecule has 0 saturated heterocycles. The number of aliphatic hydroxyl groups is 1. The Morgan fingerprint density at radius 1 is 1.47 bits per heavy atom. The first-order valence-corrected chi connectivity index (χ1v) is 5.59. The van der Waals surface area contributed by atoms with Crippen LogP contribution in [0.4, 0.5) is 0 Å². The lowest BCUT2D eigenvalue weighted by molar-refractivity contribution is 0.203. The highest BCUT2D eigenvalue weighted by atomic mass is 32.1. The summed E-state index contributed by atoms with van der Waals surface area (Å²) in [5.74, 6) is 0. The fourth-order valence-corrected chi connectivity index (χ4v) is 2.17. The zero-order valence-corrected chi connectivity index (χ0v) is 9.24. The molecule has 4 heteroatoms. The molecule has 0 saturated carbocycles. The van der Waals surface area contributed by atoms with E-state index in [0.29, 0.717) is 0 Å². The molecular weight excluding hydrogens is 208 g/mol. The van der Waals surface area contributed by atoms with Crippen LogP contribution in [0, 0.1) is 0 Å². The van der Waals surface area contributed by atoms with E-state index in [1.165, 1.54) is 0 Å². The van der Waals surface area contributed by atoms with Crippen molar-refractivity contribution in [3.05, 3.63) is 46.2 Å². The third-order valence-corrected chi connectivity index (χ3v) is 3.23. The summed E-state index contributed by atoms with van der Waals surface area (Å²) in [7, 11) is 0. The molecule has 0 spiro atoms. The van der Waals surface area contributed by atoms with Crippen LogP contribution < -0.4 is 0 Å². The fourth-order valence-electron chi connectivity index (χ4n) is 1.28. The molecule has 3 nitrogen and oxygen atoms in total. The molecule has 0 aliphatic heterocycles. The van der Waals surface area contributed by atoms with Gasteiger partial charge in [0.2, 0.25) is 0 Å². The van der Waals surface area contributed by atoms with Crippen LogP contribution in [0.1, 0.15) is 28.5 Å². The van der Waals surface area contributed by atoms with Gasteiger partial charge in [-0.05, 0) is 18.6 Å². The van der Waals surface area contributed by atoms with Crippen LogP contribution in [-0.2, 0) is 6.42 Å². The zero-order chi connectivity index (χ0) is 10.7. The summed E-state index contributed by atoms with van der Waals surface area (Å²) in [6.45, 7) is 1.75. The van der Waals surface area contributed by atoms with Crippen LogP contribution in [0.5, 0.6) is 0 Å². The minimum absolute atomic E-state index is 0.426. The van der Waals surface area contributed by atoms with Gasteiger partial charge in [0.15, 0.2) is 0 Å². The van der Waals surface area contributed by atoms with Gasteiger partial charge in [-0.3, -0.25) is 4.98 Å². The zero-order valence-electron chi connectivity index (χ0n) is 8.42. The van der Waals surface area contributed by atoms with Gasteiger partial charge in [-0.15, -0.1) is 11.3 Å². The van der Waals surface area contributed by atoms with Crippen molar-refractivity contribution in [1.29, 1.82) is 0 Å². The molecule has 0 aromatic carbocycles. The summed E-state index contributed by atoms with van der Waals surface area (Å²) in [5.41, 5.74) is 1.14. The van der Waals surface area contributed by atoms with Crippen molar-refractivity contribution in [1.82, 2.24) is 9.97 Å². The second-order valence-corrected chi connectivity index (χ2v) is 4.52. The second-order valence-electron chi connectivity index (χ2n) is 3.37.